The zero-order chi connectivity index (χ0) is 23.1. The molecule has 2 aromatic rings. The van der Waals surface area contributed by atoms with Crippen LogP contribution in [0.2, 0.25) is 0 Å². The minimum atomic E-state index is -1.73. The summed E-state index contributed by atoms with van der Waals surface area (Å²) in [5.74, 6) is -5.29. The van der Waals surface area contributed by atoms with Crippen LogP contribution in [0.3, 0.4) is 0 Å². The summed E-state index contributed by atoms with van der Waals surface area (Å²) in [4.78, 5) is 24.1. The number of methoxy groups -OCH3 is 3. The number of rotatable bonds is 8. The number of ether oxygens (including phenoxy) is 4. The summed E-state index contributed by atoms with van der Waals surface area (Å²) in [5, 5.41) is 2.03. The number of hydrogen-bond acceptors (Lipinski definition) is 6. The largest absolute Gasteiger partial charge is 0.496 e. The Balaban J connectivity index is 2.07. The van der Waals surface area contributed by atoms with Gasteiger partial charge in [-0.3, -0.25) is 4.79 Å². The number of amides is 1. The van der Waals surface area contributed by atoms with Crippen molar-refractivity contribution >= 4 is 23.6 Å². The number of hydrogen-bond donors (Lipinski definition) is 1. The molecule has 7 nitrogen and oxygen atoms in total. The number of carbonyl (C=O) groups excluding carboxylic acids is 2. The summed E-state index contributed by atoms with van der Waals surface area (Å²) in [5.41, 5.74) is -0.115. The van der Waals surface area contributed by atoms with Crippen LogP contribution >= 0.6 is 0 Å². The topological polar surface area (TPSA) is 83.1 Å². The zero-order valence-electron chi connectivity index (χ0n) is 17.1. The molecule has 1 atom stereocenters. The molecule has 0 fully saturated rings. The number of halogens is 3. The molecule has 0 aliphatic carbocycles. The maximum atomic E-state index is 13.7. The van der Waals surface area contributed by atoms with Gasteiger partial charge in [0.15, 0.2) is 35.1 Å². The minimum Gasteiger partial charge on any atom is -0.496 e. The molecule has 2 rings (SSSR count). The number of anilines is 1. The van der Waals surface area contributed by atoms with Crippen molar-refractivity contribution in [3.63, 3.8) is 0 Å². The van der Waals surface area contributed by atoms with Gasteiger partial charge in [0.1, 0.15) is 5.75 Å². The summed E-state index contributed by atoms with van der Waals surface area (Å²) < 4.78 is 60.4. The molecule has 0 aliphatic heterocycles. The lowest BCUT2D eigenvalue weighted by molar-refractivity contribution is -0.148. The van der Waals surface area contributed by atoms with E-state index in [2.05, 4.69) is 0 Å². The molecule has 0 heterocycles. The molecule has 0 saturated carbocycles. The fourth-order valence-electron chi connectivity index (χ4n) is 2.46. The van der Waals surface area contributed by atoms with E-state index in [1.54, 1.807) is 12.1 Å². The molecule has 0 aliphatic rings. The Morgan fingerprint density at radius 1 is 0.935 bits per heavy atom. The lowest BCUT2D eigenvalue weighted by Gasteiger charge is -2.13. The Labute approximate surface area is 176 Å². The number of esters is 1. The van der Waals surface area contributed by atoms with Crippen LogP contribution in [0, 0.1) is 17.5 Å². The van der Waals surface area contributed by atoms with E-state index in [0.29, 0.717) is 28.9 Å². The van der Waals surface area contributed by atoms with Gasteiger partial charge in [-0.25, -0.2) is 18.0 Å². The first-order valence-electron chi connectivity index (χ1n) is 8.84. The standard InChI is InChI=1S/C21H20F3NO6/c1-11(21(27)25-14-7-6-13(22)19(23)20(14)24)31-18(26)8-5-12-9-16(29-3)17(30-4)10-15(12)28-2/h5-11H,1-4H3,(H,25,27)/b8-5+. The second-order valence-corrected chi connectivity index (χ2v) is 6.07. The maximum absolute atomic E-state index is 13.7. The van der Waals surface area contributed by atoms with E-state index < -0.39 is 41.1 Å². The van der Waals surface area contributed by atoms with E-state index in [4.69, 9.17) is 18.9 Å². The van der Waals surface area contributed by atoms with Gasteiger partial charge in [0.2, 0.25) is 0 Å². The van der Waals surface area contributed by atoms with E-state index in [9.17, 15) is 22.8 Å². The molecule has 0 aromatic heterocycles. The van der Waals surface area contributed by atoms with Crippen LogP contribution in [0.1, 0.15) is 12.5 Å². The van der Waals surface area contributed by atoms with E-state index in [1.165, 1.54) is 34.3 Å². The Morgan fingerprint density at radius 3 is 2.16 bits per heavy atom. The normalized spacial score (nSPS) is 11.7. The van der Waals surface area contributed by atoms with Gasteiger partial charge in [-0.05, 0) is 31.2 Å². The van der Waals surface area contributed by atoms with E-state index >= 15 is 0 Å². The van der Waals surface area contributed by atoms with Gasteiger partial charge < -0.3 is 24.3 Å². The molecular weight excluding hydrogens is 419 g/mol. The summed E-state index contributed by atoms with van der Waals surface area (Å²) in [7, 11) is 4.34. The smallest absolute Gasteiger partial charge is 0.331 e. The highest BCUT2D eigenvalue weighted by Crippen LogP contribution is 2.35. The lowest BCUT2D eigenvalue weighted by Crippen LogP contribution is -2.29. The zero-order valence-corrected chi connectivity index (χ0v) is 17.1. The summed E-state index contributed by atoms with van der Waals surface area (Å²) >= 11 is 0. The van der Waals surface area contributed by atoms with Crippen LogP contribution < -0.4 is 19.5 Å². The van der Waals surface area contributed by atoms with Crippen LogP contribution in [-0.4, -0.2) is 39.3 Å². The van der Waals surface area contributed by atoms with Crippen LogP contribution in [-0.2, 0) is 14.3 Å². The number of nitrogens with one attached hydrogen (secondary N) is 1. The second kappa shape index (κ2) is 10.4. The molecular formula is C21H20F3NO6. The molecule has 166 valence electrons. The minimum absolute atomic E-state index is 0.390. The first kappa shape index (κ1) is 23.6. The van der Waals surface area contributed by atoms with Crippen LogP contribution in [0.15, 0.2) is 30.3 Å². The van der Waals surface area contributed by atoms with Gasteiger partial charge >= 0.3 is 5.97 Å². The third-order valence-electron chi connectivity index (χ3n) is 4.09. The van der Waals surface area contributed by atoms with Gasteiger partial charge in [-0.1, -0.05) is 0 Å². The van der Waals surface area contributed by atoms with Crippen molar-refractivity contribution in [3.05, 3.63) is 53.4 Å². The first-order chi connectivity index (χ1) is 14.7. The van der Waals surface area contributed by atoms with Gasteiger partial charge in [0.05, 0.1) is 27.0 Å². The Bertz CT molecular complexity index is 1010. The molecule has 31 heavy (non-hydrogen) atoms. The fourth-order valence-corrected chi connectivity index (χ4v) is 2.46. The summed E-state index contributed by atoms with van der Waals surface area (Å²) in [6, 6.07) is 4.65. The van der Waals surface area contributed by atoms with Crippen molar-refractivity contribution < 1.29 is 41.7 Å². The van der Waals surface area contributed by atoms with Gasteiger partial charge in [-0.15, -0.1) is 0 Å². The number of benzene rings is 2. The van der Waals surface area contributed by atoms with Crippen LogP contribution in [0.5, 0.6) is 17.2 Å². The number of carbonyl (C=O) groups is 2. The third kappa shape index (κ3) is 5.68. The molecule has 1 amide bonds. The van der Waals surface area contributed by atoms with Crippen LogP contribution in [0.25, 0.3) is 6.08 Å². The highest BCUT2D eigenvalue weighted by atomic mass is 19.2. The van der Waals surface area contributed by atoms with Crippen molar-refractivity contribution in [2.75, 3.05) is 26.6 Å². The maximum Gasteiger partial charge on any atom is 0.331 e. The van der Waals surface area contributed by atoms with Crippen molar-refractivity contribution in [2.24, 2.45) is 0 Å². The van der Waals surface area contributed by atoms with Gasteiger partial charge in [-0.2, -0.15) is 0 Å². The Hall–Kier alpha value is -3.69. The van der Waals surface area contributed by atoms with Gasteiger partial charge in [0.25, 0.3) is 5.91 Å². The highest BCUT2D eigenvalue weighted by Gasteiger charge is 2.21. The van der Waals surface area contributed by atoms with E-state index in [1.807, 2.05) is 5.32 Å². The predicted molar refractivity (Wildman–Crippen MR) is 106 cm³/mol. The van der Waals surface area contributed by atoms with Crippen molar-refractivity contribution in [1.29, 1.82) is 0 Å². The predicted octanol–water partition coefficient (Wildman–Crippen LogP) is 3.71. The highest BCUT2D eigenvalue weighted by molar-refractivity contribution is 5.96. The molecule has 2 aromatic carbocycles. The SMILES string of the molecule is COc1cc(OC)c(OC)cc1/C=C/C(=O)OC(C)C(=O)Nc1ccc(F)c(F)c1F. The first-order valence-corrected chi connectivity index (χ1v) is 8.84. The van der Waals surface area contributed by atoms with E-state index in [-0.39, 0.29) is 0 Å². The molecule has 1 N–H and O–H groups in total. The molecule has 1 unspecified atom stereocenters. The average Bonchev–Trinajstić information content (AvgIpc) is 2.77. The van der Waals surface area contributed by atoms with Crippen LogP contribution in [0.4, 0.5) is 18.9 Å². The second-order valence-electron chi connectivity index (χ2n) is 6.07. The third-order valence-corrected chi connectivity index (χ3v) is 4.09. The summed E-state index contributed by atoms with van der Waals surface area (Å²) in [6.07, 6.45) is 1.08. The Morgan fingerprint density at radius 2 is 1.55 bits per heavy atom. The lowest BCUT2D eigenvalue weighted by atomic mass is 10.1. The fraction of sp³-hybridized carbons (Fsp3) is 0.238. The molecule has 0 radical (unpaired) electrons. The van der Waals surface area contributed by atoms with Crippen molar-refractivity contribution in [2.45, 2.75) is 13.0 Å². The molecule has 0 bridgehead atoms. The van der Waals surface area contributed by atoms with Gasteiger partial charge in [0, 0.05) is 17.7 Å². The summed E-state index contributed by atoms with van der Waals surface area (Å²) in [6.45, 7) is 1.23. The monoisotopic (exact) mass is 439 g/mol. The molecule has 10 heteroatoms. The van der Waals surface area contributed by atoms with Crippen molar-refractivity contribution in [1.82, 2.24) is 0 Å². The Kier molecular flexibility index (Phi) is 7.89. The van der Waals surface area contributed by atoms with E-state index in [0.717, 1.165) is 12.1 Å². The quantitative estimate of drug-likeness (QED) is 0.384. The average molecular weight is 439 g/mol. The molecule has 0 spiro atoms. The van der Waals surface area contributed by atoms with Crippen molar-refractivity contribution in [3.8, 4) is 17.2 Å². The molecule has 0 saturated heterocycles.